The van der Waals surface area contributed by atoms with E-state index in [0.717, 1.165) is 13.0 Å². The van der Waals surface area contributed by atoms with Gasteiger partial charge in [-0.2, -0.15) is 0 Å². The molecule has 1 saturated carbocycles. The number of fused-ring (bicyclic) bond motifs is 1. The van der Waals surface area contributed by atoms with Crippen molar-refractivity contribution < 1.29 is 4.74 Å². The lowest BCUT2D eigenvalue weighted by molar-refractivity contribution is -0.149. The van der Waals surface area contributed by atoms with E-state index >= 15 is 0 Å². The van der Waals surface area contributed by atoms with Crippen molar-refractivity contribution in [2.45, 2.75) is 56.7 Å². The van der Waals surface area contributed by atoms with Gasteiger partial charge in [0.2, 0.25) is 0 Å². The molecule has 2 aliphatic rings. The smallest absolute Gasteiger partial charge is 0.0835 e. The molecule has 19 heavy (non-hydrogen) atoms. The second-order valence-electron chi connectivity index (χ2n) is 6.09. The van der Waals surface area contributed by atoms with E-state index in [1.807, 2.05) is 7.05 Å². The third-order valence-corrected chi connectivity index (χ3v) is 4.80. The van der Waals surface area contributed by atoms with E-state index in [9.17, 15) is 0 Å². The summed E-state index contributed by atoms with van der Waals surface area (Å²) in [4.78, 5) is 0. The van der Waals surface area contributed by atoms with Crippen LogP contribution in [0.2, 0.25) is 0 Å². The molecule has 2 heteroatoms. The van der Waals surface area contributed by atoms with E-state index in [1.54, 1.807) is 0 Å². The number of benzene rings is 1. The number of aryl methyl sites for hydroxylation is 1. The highest BCUT2D eigenvalue weighted by atomic mass is 16.5. The van der Waals surface area contributed by atoms with Gasteiger partial charge in [0.15, 0.2) is 0 Å². The molecule has 2 aliphatic carbocycles. The Labute approximate surface area is 116 Å². The molecule has 1 aromatic rings. The Morgan fingerprint density at radius 3 is 2.84 bits per heavy atom. The lowest BCUT2D eigenvalue weighted by atomic mass is 9.76. The third kappa shape index (κ3) is 2.70. The monoisotopic (exact) mass is 259 g/mol. The van der Waals surface area contributed by atoms with Crippen LogP contribution in [0.25, 0.3) is 0 Å². The maximum absolute atomic E-state index is 6.60. The van der Waals surface area contributed by atoms with Crippen LogP contribution in [0.3, 0.4) is 0 Å². The zero-order chi connectivity index (χ0) is 13.1. The first-order valence-corrected chi connectivity index (χ1v) is 7.73. The lowest BCUT2D eigenvalue weighted by Crippen LogP contribution is -2.43. The van der Waals surface area contributed by atoms with Gasteiger partial charge in [-0.25, -0.2) is 0 Å². The number of nitrogens with one attached hydrogen (secondary N) is 1. The van der Waals surface area contributed by atoms with Crippen molar-refractivity contribution in [3.63, 3.8) is 0 Å². The van der Waals surface area contributed by atoms with Crippen LogP contribution in [0.15, 0.2) is 24.3 Å². The Hall–Kier alpha value is -0.860. The van der Waals surface area contributed by atoms with E-state index in [4.69, 9.17) is 4.74 Å². The predicted octanol–water partition coefficient (Wildman–Crippen LogP) is 3.61. The molecule has 0 heterocycles. The molecule has 1 unspecified atom stereocenters. The van der Waals surface area contributed by atoms with Crippen molar-refractivity contribution in [2.24, 2.45) is 0 Å². The molecule has 0 bridgehead atoms. The summed E-state index contributed by atoms with van der Waals surface area (Å²) < 4.78 is 6.60. The van der Waals surface area contributed by atoms with Gasteiger partial charge in [0, 0.05) is 0 Å². The fraction of sp³-hybridized carbons (Fsp3) is 0.647. The summed E-state index contributed by atoms with van der Waals surface area (Å²) in [5.41, 5.74) is 3.12. The normalized spacial score (nSPS) is 24.6. The number of rotatable bonds is 5. The number of ether oxygens (including phenoxy) is 1. The van der Waals surface area contributed by atoms with Gasteiger partial charge in [0.25, 0.3) is 0 Å². The number of hydrogen-bond donors (Lipinski definition) is 1. The molecule has 0 radical (unpaired) electrons. The second kappa shape index (κ2) is 5.64. The maximum Gasteiger partial charge on any atom is 0.0835 e. The van der Waals surface area contributed by atoms with Gasteiger partial charge < -0.3 is 10.1 Å². The zero-order valence-electron chi connectivity index (χ0n) is 12.0. The van der Waals surface area contributed by atoms with E-state index in [0.29, 0.717) is 6.10 Å². The van der Waals surface area contributed by atoms with Gasteiger partial charge in [-0.05, 0) is 69.7 Å². The first-order valence-electron chi connectivity index (χ1n) is 7.73. The molecule has 104 valence electrons. The Morgan fingerprint density at radius 2 is 2.11 bits per heavy atom. The molecule has 0 aliphatic heterocycles. The highest BCUT2D eigenvalue weighted by Crippen LogP contribution is 2.44. The Bertz CT molecular complexity index is 425. The van der Waals surface area contributed by atoms with Crippen molar-refractivity contribution in [3.05, 3.63) is 35.4 Å². The quantitative estimate of drug-likeness (QED) is 0.872. The van der Waals surface area contributed by atoms with Crippen LogP contribution in [-0.2, 0) is 11.2 Å². The summed E-state index contributed by atoms with van der Waals surface area (Å²) in [6.45, 7) is 1.06. The van der Waals surface area contributed by atoms with Gasteiger partial charge in [0.05, 0.1) is 11.7 Å². The molecule has 0 amide bonds. The molecule has 1 atom stereocenters. The largest absolute Gasteiger partial charge is 0.367 e. The van der Waals surface area contributed by atoms with Gasteiger partial charge in [0.1, 0.15) is 0 Å². The van der Waals surface area contributed by atoms with Crippen molar-refractivity contribution in [1.82, 2.24) is 5.32 Å². The van der Waals surface area contributed by atoms with Crippen LogP contribution in [0.1, 0.15) is 55.8 Å². The summed E-state index contributed by atoms with van der Waals surface area (Å²) in [6, 6.07) is 8.85. The summed E-state index contributed by atoms with van der Waals surface area (Å²) in [5, 5.41) is 3.27. The minimum Gasteiger partial charge on any atom is -0.367 e. The van der Waals surface area contributed by atoms with Crippen LogP contribution in [0, 0.1) is 0 Å². The molecule has 0 spiro atoms. The minimum atomic E-state index is 0.165. The van der Waals surface area contributed by atoms with E-state index in [-0.39, 0.29) is 5.60 Å². The van der Waals surface area contributed by atoms with Crippen molar-refractivity contribution >= 4 is 0 Å². The Kier molecular flexibility index (Phi) is 3.90. The molecule has 1 N–H and O–H groups in total. The fourth-order valence-corrected chi connectivity index (χ4v) is 3.48. The molecule has 2 nitrogen and oxygen atoms in total. The molecule has 1 aromatic carbocycles. The van der Waals surface area contributed by atoms with Crippen LogP contribution in [-0.4, -0.2) is 19.2 Å². The standard InChI is InChI=1S/C17H25NO/c1-18-13-12-17(10-5-11-17)19-16-9-4-7-14-6-2-3-8-15(14)16/h2-3,6,8,16,18H,4-5,7,9-13H2,1H3. The van der Waals surface area contributed by atoms with Crippen LogP contribution < -0.4 is 5.32 Å². The van der Waals surface area contributed by atoms with E-state index in [1.165, 1.54) is 49.7 Å². The molecular formula is C17H25NO. The molecule has 0 saturated heterocycles. The third-order valence-electron chi connectivity index (χ3n) is 4.80. The Balaban J connectivity index is 1.73. The SMILES string of the molecule is CNCCC1(OC2CCCc3ccccc32)CCC1. The highest BCUT2D eigenvalue weighted by molar-refractivity contribution is 5.31. The Morgan fingerprint density at radius 1 is 1.26 bits per heavy atom. The fourth-order valence-electron chi connectivity index (χ4n) is 3.48. The second-order valence-corrected chi connectivity index (χ2v) is 6.09. The minimum absolute atomic E-state index is 0.165. The first kappa shape index (κ1) is 13.1. The molecule has 1 fully saturated rings. The van der Waals surface area contributed by atoms with Gasteiger partial charge >= 0.3 is 0 Å². The van der Waals surface area contributed by atoms with Gasteiger partial charge in [-0.1, -0.05) is 24.3 Å². The maximum atomic E-state index is 6.60. The summed E-state index contributed by atoms with van der Waals surface area (Å²) in [5.74, 6) is 0. The average molecular weight is 259 g/mol. The topological polar surface area (TPSA) is 21.3 Å². The van der Waals surface area contributed by atoms with E-state index in [2.05, 4.69) is 29.6 Å². The van der Waals surface area contributed by atoms with Crippen molar-refractivity contribution in [1.29, 1.82) is 0 Å². The number of hydrogen-bond acceptors (Lipinski definition) is 2. The van der Waals surface area contributed by atoms with Crippen LogP contribution in [0.5, 0.6) is 0 Å². The van der Waals surface area contributed by atoms with Crippen LogP contribution >= 0.6 is 0 Å². The molecule has 0 aromatic heterocycles. The molecule has 3 rings (SSSR count). The van der Waals surface area contributed by atoms with Crippen LogP contribution in [0.4, 0.5) is 0 Å². The average Bonchev–Trinajstić information content (AvgIpc) is 2.42. The molecular weight excluding hydrogens is 234 g/mol. The van der Waals surface area contributed by atoms with Gasteiger partial charge in [-0.15, -0.1) is 0 Å². The predicted molar refractivity (Wildman–Crippen MR) is 78.3 cm³/mol. The summed E-state index contributed by atoms with van der Waals surface area (Å²) >= 11 is 0. The highest BCUT2D eigenvalue weighted by Gasteiger charge is 2.40. The zero-order valence-corrected chi connectivity index (χ0v) is 12.0. The summed E-state index contributed by atoms with van der Waals surface area (Å²) in [7, 11) is 2.03. The van der Waals surface area contributed by atoms with Crippen molar-refractivity contribution in [2.75, 3.05) is 13.6 Å². The van der Waals surface area contributed by atoms with E-state index < -0.39 is 0 Å². The first-order chi connectivity index (χ1) is 9.33. The van der Waals surface area contributed by atoms with Crippen molar-refractivity contribution in [3.8, 4) is 0 Å². The lowest BCUT2D eigenvalue weighted by Gasteiger charge is -2.45. The van der Waals surface area contributed by atoms with Gasteiger partial charge in [-0.3, -0.25) is 0 Å². The summed E-state index contributed by atoms with van der Waals surface area (Å²) in [6.07, 6.45) is 8.99.